The minimum Gasteiger partial charge on any atom is -0.394 e. The molecule has 0 aliphatic heterocycles. The van der Waals surface area contributed by atoms with Crippen LogP contribution in [0.2, 0.25) is 5.02 Å². The van der Waals surface area contributed by atoms with Gasteiger partial charge in [0.05, 0.1) is 12.3 Å². The highest BCUT2D eigenvalue weighted by Gasteiger charge is 2.17. The maximum Gasteiger partial charge on any atom is 0.265 e. The summed E-state index contributed by atoms with van der Waals surface area (Å²) in [4.78, 5) is 22.6. The van der Waals surface area contributed by atoms with Gasteiger partial charge in [-0.05, 0) is 13.0 Å². The fourth-order valence-electron chi connectivity index (χ4n) is 1.47. The van der Waals surface area contributed by atoms with Crippen LogP contribution in [-0.2, 0) is 9.59 Å². The van der Waals surface area contributed by atoms with E-state index in [1.165, 1.54) is 6.92 Å². The molecule has 0 aliphatic carbocycles. The van der Waals surface area contributed by atoms with Crippen molar-refractivity contribution >= 4 is 29.1 Å². The van der Waals surface area contributed by atoms with Crippen LogP contribution in [0, 0.1) is 0 Å². The summed E-state index contributed by atoms with van der Waals surface area (Å²) in [6.07, 6.45) is 0. The molecule has 1 unspecified atom stereocenters. The van der Waals surface area contributed by atoms with Crippen molar-refractivity contribution in [2.24, 2.45) is 5.10 Å². The second-order valence-corrected chi connectivity index (χ2v) is 4.50. The SMILES string of the molecule is CC(=O)NC(CO)C(=O)N/N=C(\C)c1ccccc1Cl. The monoisotopic (exact) mass is 297 g/mol. The highest BCUT2D eigenvalue weighted by molar-refractivity contribution is 6.34. The van der Waals surface area contributed by atoms with Crippen LogP contribution in [0.4, 0.5) is 0 Å². The predicted octanol–water partition coefficient (Wildman–Crippen LogP) is 0.677. The number of hydrogen-bond donors (Lipinski definition) is 3. The van der Waals surface area contributed by atoms with Crippen LogP contribution >= 0.6 is 11.6 Å². The first kappa shape index (κ1) is 16.1. The average molecular weight is 298 g/mol. The zero-order chi connectivity index (χ0) is 15.1. The van der Waals surface area contributed by atoms with Gasteiger partial charge < -0.3 is 10.4 Å². The molecule has 0 radical (unpaired) electrons. The largest absolute Gasteiger partial charge is 0.394 e. The number of hydrogen-bond acceptors (Lipinski definition) is 4. The molecule has 1 atom stereocenters. The molecule has 108 valence electrons. The standard InChI is InChI=1S/C13H16ClN3O3/c1-8(10-5-3-4-6-11(10)14)16-17-13(20)12(7-18)15-9(2)19/h3-6,12,18H,7H2,1-2H3,(H,15,19)(H,17,20)/b16-8+. The van der Waals surface area contributed by atoms with E-state index in [0.717, 1.165) is 0 Å². The molecule has 0 fully saturated rings. The van der Waals surface area contributed by atoms with E-state index in [2.05, 4.69) is 15.8 Å². The second kappa shape index (κ2) is 7.62. The molecule has 3 N–H and O–H groups in total. The maximum absolute atomic E-state index is 11.7. The lowest BCUT2D eigenvalue weighted by molar-refractivity contribution is -0.129. The first-order chi connectivity index (χ1) is 9.45. The predicted molar refractivity (Wildman–Crippen MR) is 76.5 cm³/mol. The maximum atomic E-state index is 11.7. The Kier molecular flexibility index (Phi) is 6.14. The van der Waals surface area contributed by atoms with Crippen molar-refractivity contribution < 1.29 is 14.7 Å². The quantitative estimate of drug-likeness (QED) is 0.551. The number of nitrogens with one attached hydrogen (secondary N) is 2. The van der Waals surface area contributed by atoms with Gasteiger partial charge in [-0.3, -0.25) is 9.59 Å². The summed E-state index contributed by atoms with van der Waals surface area (Å²) < 4.78 is 0. The molecule has 0 aliphatic rings. The number of halogens is 1. The van der Waals surface area contributed by atoms with Gasteiger partial charge >= 0.3 is 0 Å². The summed E-state index contributed by atoms with van der Waals surface area (Å²) in [6.45, 7) is 2.44. The molecule has 0 aromatic heterocycles. The molecule has 0 saturated carbocycles. The summed E-state index contributed by atoms with van der Waals surface area (Å²) in [5.41, 5.74) is 3.49. The van der Waals surface area contributed by atoms with Gasteiger partial charge in [0.15, 0.2) is 0 Å². The van der Waals surface area contributed by atoms with Crippen molar-refractivity contribution in [3.8, 4) is 0 Å². The van der Waals surface area contributed by atoms with E-state index in [1.54, 1.807) is 31.2 Å². The number of nitrogens with zero attached hydrogens (tertiary/aromatic N) is 1. The molecule has 20 heavy (non-hydrogen) atoms. The highest BCUT2D eigenvalue weighted by Crippen LogP contribution is 2.15. The number of carbonyl (C=O) groups excluding carboxylic acids is 2. The topological polar surface area (TPSA) is 90.8 Å². The van der Waals surface area contributed by atoms with Gasteiger partial charge in [-0.1, -0.05) is 29.8 Å². The van der Waals surface area contributed by atoms with Gasteiger partial charge in [0, 0.05) is 17.5 Å². The summed E-state index contributed by atoms with van der Waals surface area (Å²) in [6, 6.07) is 6.04. The second-order valence-electron chi connectivity index (χ2n) is 4.09. The third-order valence-corrected chi connectivity index (χ3v) is 2.80. The average Bonchev–Trinajstić information content (AvgIpc) is 2.42. The van der Waals surface area contributed by atoms with Crippen molar-refractivity contribution in [1.82, 2.24) is 10.7 Å². The van der Waals surface area contributed by atoms with Crippen molar-refractivity contribution in [2.45, 2.75) is 19.9 Å². The van der Waals surface area contributed by atoms with Crippen LogP contribution in [0.25, 0.3) is 0 Å². The molecule has 2 amide bonds. The summed E-state index contributed by atoms with van der Waals surface area (Å²) in [5, 5.41) is 15.8. The van der Waals surface area contributed by atoms with E-state index < -0.39 is 24.5 Å². The molecular formula is C13H16ClN3O3. The minimum atomic E-state index is -1.03. The highest BCUT2D eigenvalue weighted by atomic mass is 35.5. The van der Waals surface area contributed by atoms with Gasteiger partial charge in [-0.15, -0.1) is 0 Å². The van der Waals surface area contributed by atoms with Crippen LogP contribution in [0.5, 0.6) is 0 Å². The third kappa shape index (κ3) is 4.64. The molecule has 0 bridgehead atoms. The van der Waals surface area contributed by atoms with Crippen molar-refractivity contribution in [1.29, 1.82) is 0 Å². The van der Waals surface area contributed by atoms with Crippen molar-refractivity contribution in [2.75, 3.05) is 6.61 Å². The summed E-state index contributed by atoms with van der Waals surface area (Å²) >= 11 is 6.00. The Bertz CT molecular complexity index is 531. The number of carbonyl (C=O) groups is 2. The number of amides is 2. The fraction of sp³-hybridized carbons (Fsp3) is 0.308. The summed E-state index contributed by atoms with van der Waals surface area (Å²) in [7, 11) is 0. The molecule has 0 saturated heterocycles. The van der Waals surface area contributed by atoms with Crippen LogP contribution in [0.3, 0.4) is 0 Å². The molecule has 6 nitrogen and oxygen atoms in total. The van der Waals surface area contributed by atoms with E-state index in [0.29, 0.717) is 16.3 Å². The minimum absolute atomic E-state index is 0.411. The fourth-order valence-corrected chi connectivity index (χ4v) is 1.74. The van der Waals surface area contributed by atoms with Crippen LogP contribution < -0.4 is 10.7 Å². The molecule has 1 aromatic carbocycles. The van der Waals surface area contributed by atoms with Crippen molar-refractivity contribution in [3.63, 3.8) is 0 Å². The van der Waals surface area contributed by atoms with E-state index in [9.17, 15) is 9.59 Å². The summed E-state index contributed by atoms with van der Waals surface area (Å²) in [5.74, 6) is -1.01. The zero-order valence-electron chi connectivity index (χ0n) is 11.2. The lowest BCUT2D eigenvalue weighted by atomic mass is 10.1. The van der Waals surface area contributed by atoms with Crippen LogP contribution in [-0.4, -0.2) is 35.3 Å². The van der Waals surface area contributed by atoms with E-state index in [4.69, 9.17) is 16.7 Å². The third-order valence-electron chi connectivity index (χ3n) is 2.47. The van der Waals surface area contributed by atoms with E-state index in [1.807, 2.05) is 0 Å². The molecule has 1 rings (SSSR count). The first-order valence-corrected chi connectivity index (χ1v) is 6.30. The zero-order valence-corrected chi connectivity index (χ0v) is 11.9. The van der Waals surface area contributed by atoms with E-state index in [-0.39, 0.29) is 0 Å². The molecule has 1 aromatic rings. The Morgan fingerprint density at radius 2 is 2.00 bits per heavy atom. The Labute approximate surface area is 121 Å². The normalized spacial score (nSPS) is 12.7. The lowest BCUT2D eigenvalue weighted by Gasteiger charge is -2.13. The Morgan fingerprint density at radius 3 is 2.55 bits per heavy atom. The van der Waals surface area contributed by atoms with Gasteiger partial charge in [-0.2, -0.15) is 5.10 Å². The van der Waals surface area contributed by atoms with Gasteiger partial charge in [-0.25, -0.2) is 5.43 Å². The van der Waals surface area contributed by atoms with Crippen LogP contribution in [0.1, 0.15) is 19.4 Å². The molecular weight excluding hydrogens is 282 g/mol. The Hall–Kier alpha value is -1.92. The number of rotatable bonds is 5. The first-order valence-electron chi connectivity index (χ1n) is 5.92. The number of hydrazone groups is 1. The number of aliphatic hydroxyl groups is 1. The lowest BCUT2D eigenvalue weighted by Crippen LogP contribution is -2.47. The Morgan fingerprint density at radius 1 is 1.35 bits per heavy atom. The van der Waals surface area contributed by atoms with Gasteiger partial charge in [0.2, 0.25) is 5.91 Å². The molecule has 0 spiro atoms. The smallest absolute Gasteiger partial charge is 0.265 e. The molecule has 7 heteroatoms. The van der Waals surface area contributed by atoms with Gasteiger partial charge in [0.1, 0.15) is 6.04 Å². The van der Waals surface area contributed by atoms with Gasteiger partial charge in [0.25, 0.3) is 5.91 Å². The van der Waals surface area contributed by atoms with E-state index >= 15 is 0 Å². The van der Waals surface area contributed by atoms with Crippen LogP contribution in [0.15, 0.2) is 29.4 Å². The van der Waals surface area contributed by atoms with Crippen molar-refractivity contribution in [3.05, 3.63) is 34.9 Å². The molecule has 0 heterocycles. The number of benzene rings is 1. The Balaban J connectivity index is 2.73. The number of aliphatic hydroxyl groups excluding tert-OH is 1.